The van der Waals surface area contributed by atoms with Gasteiger partial charge in [-0.05, 0) is 55.6 Å². The fourth-order valence-electron chi connectivity index (χ4n) is 5.62. The van der Waals surface area contributed by atoms with Gasteiger partial charge in [0.1, 0.15) is 0 Å². The highest BCUT2D eigenvalue weighted by Gasteiger charge is 2.59. The predicted molar refractivity (Wildman–Crippen MR) is 95.7 cm³/mol. The van der Waals surface area contributed by atoms with E-state index in [0.717, 1.165) is 24.1 Å². The summed E-state index contributed by atoms with van der Waals surface area (Å²) in [5.41, 5.74) is 3.40. The Balaban J connectivity index is 1.82. The first-order valence-electron chi connectivity index (χ1n) is 9.55. The summed E-state index contributed by atoms with van der Waals surface area (Å²) in [4.78, 5) is 29.8. The molecule has 1 N–H and O–H groups in total. The molecule has 25 heavy (non-hydrogen) atoms. The Morgan fingerprint density at radius 3 is 2.56 bits per heavy atom. The molecular weight excluding hydrogens is 314 g/mol. The first-order chi connectivity index (χ1) is 11.8. The van der Waals surface area contributed by atoms with Crippen molar-refractivity contribution in [1.29, 1.82) is 0 Å². The zero-order valence-corrected chi connectivity index (χ0v) is 15.9. The minimum atomic E-state index is -0.304. The number of hydrogen-bond donors (Lipinski definition) is 1. The van der Waals surface area contributed by atoms with E-state index in [1.807, 2.05) is 6.92 Å². The van der Waals surface area contributed by atoms with Crippen LogP contribution in [0.15, 0.2) is 6.07 Å². The van der Waals surface area contributed by atoms with Crippen molar-refractivity contribution in [3.8, 4) is 0 Å². The van der Waals surface area contributed by atoms with Gasteiger partial charge in [-0.2, -0.15) is 0 Å². The molecule has 1 aliphatic heterocycles. The Hall–Kier alpha value is -1.62. The highest BCUT2D eigenvalue weighted by Crippen LogP contribution is 2.57. The quantitative estimate of drug-likeness (QED) is 0.840. The number of aryl methyl sites for hydroxylation is 1. The molecule has 3 aliphatic rings. The van der Waals surface area contributed by atoms with Gasteiger partial charge in [0.05, 0.1) is 11.8 Å². The number of nitrogens with zero attached hydrogens (tertiary/aromatic N) is 2. The summed E-state index contributed by atoms with van der Waals surface area (Å²) >= 11 is 0. The number of imide groups is 1. The van der Waals surface area contributed by atoms with Gasteiger partial charge in [0, 0.05) is 31.4 Å². The summed E-state index contributed by atoms with van der Waals surface area (Å²) < 4.78 is 0. The van der Waals surface area contributed by atoms with Gasteiger partial charge in [-0.15, -0.1) is 0 Å². The summed E-state index contributed by atoms with van der Waals surface area (Å²) in [6, 6.07) is 2.10. The molecule has 5 heteroatoms. The second-order valence-electron chi connectivity index (χ2n) is 8.75. The number of aromatic amines is 1. The first-order valence-corrected chi connectivity index (χ1v) is 9.55. The van der Waals surface area contributed by atoms with Gasteiger partial charge in [0.15, 0.2) is 0 Å². The number of H-pyrrole nitrogens is 1. The number of carbonyl (C=O) groups is 2. The largest absolute Gasteiger partial charge is 0.362 e. The molecule has 2 aliphatic carbocycles. The van der Waals surface area contributed by atoms with Crippen molar-refractivity contribution >= 4 is 11.8 Å². The van der Waals surface area contributed by atoms with Gasteiger partial charge in [-0.1, -0.05) is 13.8 Å². The summed E-state index contributed by atoms with van der Waals surface area (Å²) in [5.74, 6) is 1.40. The van der Waals surface area contributed by atoms with Gasteiger partial charge in [0.2, 0.25) is 5.91 Å². The SMILES string of the molecule is Cc1cc2c([nH]1)C1CCC(C(C)C)CC1[C@@H]1C(=O)N(N(C)C)C(=O)[C@H]21. The molecule has 1 saturated carbocycles. The average Bonchev–Trinajstić information content (AvgIpc) is 3.04. The topological polar surface area (TPSA) is 56.4 Å². The second-order valence-corrected chi connectivity index (χ2v) is 8.75. The lowest BCUT2D eigenvalue weighted by Gasteiger charge is -2.44. The lowest BCUT2D eigenvalue weighted by atomic mass is 9.58. The van der Waals surface area contributed by atoms with Crippen molar-refractivity contribution in [3.05, 3.63) is 23.0 Å². The Morgan fingerprint density at radius 2 is 1.92 bits per heavy atom. The number of nitrogens with one attached hydrogen (secondary N) is 1. The number of hydrogen-bond acceptors (Lipinski definition) is 3. The van der Waals surface area contributed by atoms with Crippen LogP contribution in [-0.4, -0.2) is 40.9 Å². The van der Waals surface area contributed by atoms with Gasteiger partial charge in [-0.25, -0.2) is 10.0 Å². The summed E-state index contributed by atoms with van der Waals surface area (Å²) in [5, 5.41) is 3.03. The molecule has 1 aromatic rings. The molecular formula is C20H29N3O2. The van der Waals surface area contributed by atoms with E-state index < -0.39 is 0 Å². The van der Waals surface area contributed by atoms with Crippen LogP contribution in [0.25, 0.3) is 0 Å². The van der Waals surface area contributed by atoms with Crippen LogP contribution in [0, 0.1) is 30.6 Å². The molecule has 0 spiro atoms. The third-order valence-corrected chi connectivity index (χ3v) is 6.79. The molecule has 5 atom stereocenters. The van der Waals surface area contributed by atoms with E-state index in [2.05, 4.69) is 24.9 Å². The molecule has 1 aromatic heterocycles. The Kier molecular flexibility index (Phi) is 3.83. The normalized spacial score (nSPS) is 34.5. The molecule has 2 heterocycles. The Morgan fingerprint density at radius 1 is 1.20 bits per heavy atom. The number of amides is 2. The van der Waals surface area contributed by atoms with Crippen molar-refractivity contribution in [1.82, 2.24) is 15.0 Å². The maximum absolute atomic E-state index is 13.2. The summed E-state index contributed by atoms with van der Waals surface area (Å²) in [6.45, 7) is 6.61. The summed E-state index contributed by atoms with van der Waals surface area (Å²) in [7, 11) is 3.57. The van der Waals surface area contributed by atoms with Crippen molar-refractivity contribution in [2.24, 2.45) is 23.7 Å². The number of fused-ring (bicyclic) bond motifs is 6. The van der Waals surface area contributed by atoms with E-state index in [4.69, 9.17) is 0 Å². The van der Waals surface area contributed by atoms with E-state index in [9.17, 15) is 9.59 Å². The molecule has 0 bridgehead atoms. The molecule has 2 amide bonds. The van der Waals surface area contributed by atoms with E-state index in [0.29, 0.717) is 17.8 Å². The molecule has 5 nitrogen and oxygen atoms in total. The van der Waals surface area contributed by atoms with Crippen LogP contribution in [0.4, 0.5) is 0 Å². The van der Waals surface area contributed by atoms with E-state index in [1.54, 1.807) is 19.1 Å². The standard InChI is InChI=1S/C20H29N3O2/c1-10(2)12-6-7-13-14(9-12)16-17(15-8-11(3)21-18(13)15)20(25)23(19(16)24)22(4)5/h8,10,12-14,16-17,21H,6-7,9H2,1-5H3/t12?,13?,14?,16-,17+/m0/s1. The Bertz CT molecular complexity index is 721. The minimum absolute atomic E-state index is 0.00362. The van der Waals surface area contributed by atoms with Crippen LogP contribution >= 0.6 is 0 Å². The molecule has 1 saturated heterocycles. The van der Waals surface area contributed by atoms with E-state index >= 15 is 0 Å². The lowest BCUT2D eigenvalue weighted by Crippen LogP contribution is -2.43. The average molecular weight is 343 g/mol. The van der Waals surface area contributed by atoms with E-state index in [1.165, 1.54) is 17.1 Å². The third kappa shape index (κ3) is 2.31. The molecule has 0 radical (unpaired) electrons. The van der Waals surface area contributed by atoms with Crippen molar-refractivity contribution in [3.63, 3.8) is 0 Å². The van der Waals surface area contributed by atoms with E-state index in [-0.39, 0.29) is 29.6 Å². The second kappa shape index (κ2) is 5.70. The van der Waals surface area contributed by atoms with Crippen LogP contribution in [0.5, 0.6) is 0 Å². The molecule has 3 unspecified atom stereocenters. The van der Waals surface area contributed by atoms with Crippen LogP contribution < -0.4 is 0 Å². The monoisotopic (exact) mass is 343 g/mol. The summed E-state index contributed by atoms with van der Waals surface area (Å²) in [6.07, 6.45) is 3.39. The van der Waals surface area contributed by atoms with Gasteiger partial charge >= 0.3 is 0 Å². The Labute approximate surface area is 149 Å². The van der Waals surface area contributed by atoms with Crippen LogP contribution in [0.2, 0.25) is 0 Å². The third-order valence-electron chi connectivity index (χ3n) is 6.79. The maximum Gasteiger partial charge on any atom is 0.252 e. The molecule has 136 valence electrons. The number of rotatable bonds is 2. The van der Waals surface area contributed by atoms with Crippen molar-refractivity contribution < 1.29 is 9.59 Å². The first kappa shape index (κ1) is 16.8. The van der Waals surface area contributed by atoms with Crippen LogP contribution in [0.1, 0.15) is 61.9 Å². The van der Waals surface area contributed by atoms with Gasteiger partial charge < -0.3 is 4.98 Å². The number of carbonyl (C=O) groups excluding carboxylic acids is 2. The number of hydrazine groups is 1. The van der Waals surface area contributed by atoms with Crippen LogP contribution in [0.3, 0.4) is 0 Å². The molecule has 4 rings (SSSR count). The number of aromatic nitrogens is 1. The molecule has 0 aromatic carbocycles. The fraction of sp³-hybridized carbons (Fsp3) is 0.700. The van der Waals surface area contributed by atoms with Gasteiger partial charge in [-0.3, -0.25) is 9.59 Å². The minimum Gasteiger partial charge on any atom is -0.362 e. The maximum atomic E-state index is 13.2. The smallest absolute Gasteiger partial charge is 0.252 e. The highest BCUT2D eigenvalue weighted by atomic mass is 16.2. The van der Waals surface area contributed by atoms with Crippen LogP contribution in [-0.2, 0) is 9.59 Å². The molecule has 2 fully saturated rings. The highest BCUT2D eigenvalue weighted by molar-refractivity contribution is 6.08. The zero-order valence-electron chi connectivity index (χ0n) is 15.9. The predicted octanol–water partition coefficient (Wildman–Crippen LogP) is 3.04. The fourth-order valence-corrected chi connectivity index (χ4v) is 5.62. The lowest BCUT2D eigenvalue weighted by molar-refractivity contribution is -0.154. The zero-order chi connectivity index (χ0) is 18.0. The van der Waals surface area contributed by atoms with Gasteiger partial charge in [0.25, 0.3) is 5.91 Å². The van der Waals surface area contributed by atoms with Crippen molar-refractivity contribution in [2.75, 3.05) is 14.1 Å². The van der Waals surface area contributed by atoms with Crippen molar-refractivity contribution in [2.45, 2.75) is 51.9 Å².